The Morgan fingerprint density at radius 3 is 2.19 bits per heavy atom. The molecule has 1 aliphatic carbocycles. The summed E-state index contributed by atoms with van der Waals surface area (Å²) in [6, 6.07) is 0. The molecule has 0 aromatic heterocycles. The van der Waals surface area contributed by atoms with Gasteiger partial charge in [-0.3, -0.25) is 9.36 Å². The molecule has 0 aromatic rings. The van der Waals surface area contributed by atoms with E-state index < -0.39 is 18.7 Å². The summed E-state index contributed by atoms with van der Waals surface area (Å²) >= 11 is 0. The first-order valence-electron chi connectivity index (χ1n) is 11.8. The molecule has 0 unspecified atom stereocenters. The summed E-state index contributed by atoms with van der Waals surface area (Å²) < 4.78 is 30.4. The summed E-state index contributed by atoms with van der Waals surface area (Å²) in [6.45, 7) is 20.7. The van der Waals surface area contributed by atoms with E-state index in [1.807, 2.05) is 0 Å². The lowest BCUT2D eigenvalue weighted by atomic mass is 9.91. The largest absolute Gasteiger partial charge is 0.465 e. The van der Waals surface area contributed by atoms with Crippen LogP contribution in [0.25, 0.3) is 0 Å². The van der Waals surface area contributed by atoms with Gasteiger partial charge in [-0.2, -0.15) is 0 Å². The normalized spacial score (nSPS) is 21.5. The van der Waals surface area contributed by atoms with Crippen molar-refractivity contribution in [2.45, 2.75) is 85.2 Å². The second kappa shape index (κ2) is 13.3. The van der Waals surface area contributed by atoms with Crippen molar-refractivity contribution < 1.29 is 23.1 Å². The van der Waals surface area contributed by atoms with E-state index >= 15 is 0 Å². The van der Waals surface area contributed by atoms with E-state index in [1.54, 1.807) is 20.8 Å². The molecule has 0 amide bonds. The highest BCUT2D eigenvalue weighted by atomic mass is 31.2. The van der Waals surface area contributed by atoms with Crippen molar-refractivity contribution in [1.29, 1.82) is 0 Å². The molecule has 32 heavy (non-hydrogen) atoms. The van der Waals surface area contributed by atoms with E-state index in [4.69, 9.17) is 13.8 Å². The fraction of sp³-hybridized carbons (Fsp3) is 0.654. The lowest BCUT2D eigenvalue weighted by Crippen LogP contribution is -2.39. The van der Waals surface area contributed by atoms with Crippen LogP contribution in [0, 0.1) is 5.92 Å². The Morgan fingerprint density at radius 2 is 1.66 bits per heavy atom. The highest BCUT2D eigenvalue weighted by Crippen LogP contribution is 2.68. The average molecular weight is 467 g/mol. The van der Waals surface area contributed by atoms with Crippen LogP contribution in [0.1, 0.15) is 80.1 Å². The van der Waals surface area contributed by atoms with Gasteiger partial charge in [-0.15, -0.1) is 0 Å². The van der Waals surface area contributed by atoms with Gasteiger partial charge in [-0.25, -0.2) is 0 Å². The van der Waals surface area contributed by atoms with E-state index in [1.165, 1.54) is 11.1 Å². The molecule has 2 atom stereocenters. The molecule has 0 radical (unpaired) electrons. The van der Waals surface area contributed by atoms with Crippen LogP contribution < -0.4 is 0 Å². The van der Waals surface area contributed by atoms with Gasteiger partial charge >= 0.3 is 13.6 Å². The third-order valence-electron chi connectivity index (χ3n) is 5.87. The van der Waals surface area contributed by atoms with Crippen molar-refractivity contribution >= 4 is 13.6 Å². The zero-order valence-corrected chi connectivity index (χ0v) is 21.9. The highest BCUT2D eigenvalue weighted by Gasteiger charge is 2.62. The van der Waals surface area contributed by atoms with Gasteiger partial charge < -0.3 is 13.8 Å². The van der Waals surface area contributed by atoms with Crippen LogP contribution in [-0.2, 0) is 23.1 Å². The molecule has 0 aliphatic heterocycles. The van der Waals surface area contributed by atoms with Crippen molar-refractivity contribution in [2.24, 2.45) is 5.92 Å². The van der Waals surface area contributed by atoms with Crippen molar-refractivity contribution in [3.05, 3.63) is 47.6 Å². The van der Waals surface area contributed by atoms with Crippen LogP contribution in [0.4, 0.5) is 0 Å². The fourth-order valence-electron chi connectivity index (χ4n) is 4.22. The summed E-state index contributed by atoms with van der Waals surface area (Å²) in [5, 5.41) is -1.37. The van der Waals surface area contributed by atoms with Crippen molar-refractivity contribution in [3.63, 3.8) is 0 Å². The third-order valence-corrected chi connectivity index (χ3v) is 8.64. The third kappa shape index (κ3) is 7.30. The molecule has 0 heterocycles. The maximum atomic E-state index is 13.8. The second-order valence-corrected chi connectivity index (χ2v) is 11.1. The van der Waals surface area contributed by atoms with E-state index in [2.05, 4.69) is 46.1 Å². The molecule has 0 aromatic carbocycles. The minimum absolute atomic E-state index is 0.118. The van der Waals surface area contributed by atoms with E-state index in [0.29, 0.717) is 6.42 Å². The minimum Gasteiger partial charge on any atom is -0.465 e. The molecule has 1 saturated carbocycles. The Kier molecular flexibility index (Phi) is 11.9. The average Bonchev–Trinajstić information content (AvgIpc) is 3.07. The molecule has 1 aliphatic rings. The Morgan fingerprint density at radius 1 is 1.06 bits per heavy atom. The minimum atomic E-state index is -3.75. The molecule has 1 fully saturated rings. The molecule has 0 N–H and O–H groups in total. The lowest BCUT2D eigenvalue weighted by molar-refractivity contribution is -0.147. The first-order valence-corrected chi connectivity index (χ1v) is 13.3. The SMILES string of the molecule is C=C(CC/C=C(\C)CCC=C(C)C)[C@H]1C[C@@](C(=O)OCC)(P(=O)(OCC)OCC)CC1=C. The Bertz CT molecular complexity index is 765. The van der Waals surface area contributed by atoms with Crippen LogP contribution >= 0.6 is 7.60 Å². The monoisotopic (exact) mass is 466 g/mol. The molecule has 0 bridgehead atoms. The van der Waals surface area contributed by atoms with E-state index in [0.717, 1.165) is 36.8 Å². The van der Waals surface area contributed by atoms with Gasteiger partial charge in [0.2, 0.25) is 0 Å². The number of hydrogen-bond acceptors (Lipinski definition) is 5. The molecular weight excluding hydrogens is 423 g/mol. The number of ether oxygens (including phenoxy) is 1. The van der Waals surface area contributed by atoms with Gasteiger partial charge in [-0.05, 0) is 80.1 Å². The number of rotatable bonds is 14. The van der Waals surface area contributed by atoms with Gasteiger partial charge in [0, 0.05) is 5.92 Å². The molecule has 6 heteroatoms. The Balaban J connectivity index is 2.99. The van der Waals surface area contributed by atoms with E-state index in [-0.39, 0.29) is 32.2 Å². The predicted octanol–water partition coefficient (Wildman–Crippen LogP) is 7.55. The number of carbonyl (C=O) groups excluding carboxylic acids is 1. The van der Waals surface area contributed by atoms with Crippen molar-refractivity contribution in [3.8, 4) is 0 Å². The molecule has 5 nitrogen and oxygen atoms in total. The summed E-state index contributed by atoms with van der Waals surface area (Å²) in [5.74, 6) is -0.648. The molecule has 1 rings (SSSR count). The van der Waals surface area contributed by atoms with Crippen LogP contribution in [0.2, 0.25) is 0 Å². The first kappa shape index (κ1) is 28.6. The van der Waals surface area contributed by atoms with Crippen LogP contribution in [0.3, 0.4) is 0 Å². The van der Waals surface area contributed by atoms with Gasteiger partial charge in [0.1, 0.15) is 0 Å². The highest BCUT2D eigenvalue weighted by molar-refractivity contribution is 7.56. The lowest BCUT2D eigenvalue weighted by Gasteiger charge is -2.33. The summed E-state index contributed by atoms with van der Waals surface area (Å²) in [5.41, 5.74) is 4.53. The quantitative estimate of drug-likeness (QED) is 0.150. The fourth-order valence-corrected chi connectivity index (χ4v) is 6.56. The number of hydrogen-bond donors (Lipinski definition) is 0. The Labute approximate surface area is 195 Å². The maximum absolute atomic E-state index is 13.8. The standard InChI is InChI=1S/C26H43O5P/c1-9-29-25(27)26(32(28,30-10-2)31-11-3)18-23(8)24(19-26)22(7)17-13-16-21(6)15-12-14-20(4)5/h14,16,24H,7-13,15,17-19H2,1-6H3/b21-16+/t24-,26+/m1/s1. The number of allylic oxidation sites excluding steroid dienone is 6. The van der Waals surface area contributed by atoms with Gasteiger partial charge in [0.15, 0.2) is 5.16 Å². The first-order chi connectivity index (χ1) is 15.1. The second-order valence-electron chi connectivity index (χ2n) is 8.74. The summed E-state index contributed by atoms with van der Waals surface area (Å²) in [6.07, 6.45) is 8.80. The zero-order chi connectivity index (χ0) is 24.4. The molecular formula is C26H43O5P. The van der Waals surface area contributed by atoms with Crippen LogP contribution in [-0.4, -0.2) is 30.9 Å². The zero-order valence-electron chi connectivity index (χ0n) is 21.0. The van der Waals surface area contributed by atoms with Crippen LogP contribution in [0.5, 0.6) is 0 Å². The smallest absolute Gasteiger partial charge is 0.348 e. The summed E-state index contributed by atoms with van der Waals surface area (Å²) in [7, 11) is -3.75. The topological polar surface area (TPSA) is 61.8 Å². The molecule has 182 valence electrons. The molecule has 0 saturated heterocycles. The maximum Gasteiger partial charge on any atom is 0.348 e. The number of carbonyl (C=O) groups is 1. The van der Waals surface area contributed by atoms with Crippen LogP contribution in [0.15, 0.2) is 47.6 Å². The van der Waals surface area contributed by atoms with Crippen molar-refractivity contribution in [1.82, 2.24) is 0 Å². The summed E-state index contributed by atoms with van der Waals surface area (Å²) in [4.78, 5) is 13.1. The number of esters is 1. The predicted molar refractivity (Wildman–Crippen MR) is 133 cm³/mol. The van der Waals surface area contributed by atoms with Gasteiger partial charge in [0.05, 0.1) is 19.8 Å². The van der Waals surface area contributed by atoms with Gasteiger partial charge in [-0.1, -0.05) is 47.6 Å². The van der Waals surface area contributed by atoms with E-state index in [9.17, 15) is 9.36 Å². The van der Waals surface area contributed by atoms with Crippen molar-refractivity contribution in [2.75, 3.05) is 19.8 Å². The Hall–Kier alpha value is -1.42. The molecule has 0 spiro atoms. The van der Waals surface area contributed by atoms with Gasteiger partial charge in [0.25, 0.3) is 0 Å².